The predicted octanol–water partition coefficient (Wildman–Crippen LogP) is 6.56. The molecule has 0 bridgehead atoms. The summed E-state index contributed by atoms with van der Waals surface area (Å²) in [7, 11) is 0. The molecule has 6 rings (SSSR count). The Balaban J connectivity index is 1.27. The number of benzene rings is 4. The largest absolute Gasteiger partial charge is 0.455 e. The minimum atomic E-state index is -0.103. The number of rotatable bonds is 6. The molecule has 1 N–H and O–H groups in total. The molecule has 0 radical (unpaired) electrons. The van der Waals surface area contributed by atoms with E-state index in [1.165, 1.54) is 0 Å². The Morgan fingerprint density at radius 2 is 1.46 bits per heavy atom. The molecule has 2 aromatic heterocycles. The highest BCUT2D eigenvalue weighted by Gasteiger charge is 2.16. The third kappa shape index (κ3) is 4.06. The number of carbonyl (C=O) groups is 1. The van der Waals surface area contributed by atoms with Crippen molar-refractivity contribution in [3.05, 3.63) is 103 Å². The monoisotopic (exact) mass is 458 g/mol. The molecule has 0 aliphatic heterocycles. The van der Waals surface area contributed by atoms with E-state index in [1.54, 1.807) is 0 Å². The van der Waals surface area contributed by atoms with Crippen LogP contribution in [0.3, 0.4) is 0 Å². The van der Waals surface area contributed by atoms with E-state index in [4.69, 9.17) is 14.7 Å². The maximum atomic E-state index is 13.0. The number of hydrogen-bond acceptors (Lipinski definition) is 4. The van der Waals surface area contributed by atoms with Crippen LogP contribution < -0.4 is 10.1 Å². The van der Waals surface area contributed by atoms with E-state index < -0.39 is 0 Å². The lowest BCUT2D eigenvalue weighted by Gasteiger charge is -2.13. The molecule has 0 atom stereocenters. The van der Waals surface area contributed by atoms with Gasteiger partial charge in [-0.2, -0.15) is 0 Å². The van der Waals surface area contributed by atoms with E-state index in [9.17, 15) is 4.79 Å². The molecule has 0 spiro atoms. The molecule has 0 saturated carbocycles. The van der Waals surface area contributed by atoms with Gasteiger partial charge in [-0.25, -0.2) is 9.97 Å². The maximum absolute atomic E-state index is 13.0. The van der Waals surface area contributed by atoms with E-state index in [-0.39, 0.29) is 12.3 Å². The van der Waals surface area contributed by atoms with Crippen LogP contribution in [-0.4, -0.2) is 20.4 Å². The molecule has 0 saturated heterocycles. The van der Waals surface area contributed by atoms with Gasteiger partial charge in [0.05, 0.1) is 22.2 Å². The zero-order valence-electron chi connectivity index (χ0n) is 18.9. The van der Waals surface area contributed by atoms with Gasteiger partial charge in [0.2, 0.25) is 5.91 Å². The second kappa shape index (κ2) is 8.91. The Bertz CT molecular complexity index is 1670. The molecule has 6 aromatic rings. The summed E-state index contributed by atoms with van der Waals surface area (Å²) in [6.07, 6.45) is 0.280. The number of para-hydroxylation sites is 6. The number of nitrogens with one attached hydrogen (secondary N) is 1. The first kappa shape index (κ1) is 20.9. The van der Waals surface area contributed by atoms with Gasteiger partial charge in [-0.3, -0.25) is 4.79 Å². The van der Waals surface area contributed by atoms with Crippen molar-refractivity contribution in [3.8, 4) is 11.5 Å². The van der Waals surface area contributed by atoms with Gasteiger partial charge in [0.15, 0.2) is 11.4 Å². The summed E-state index contributed by atoms with van der Waals surface area (Å²) in [5.41, 5.74) is 4.97. The van der Waals surface area contributed by atoms with Gasteiger partial charge >= 0.3 is 0 Å². The molecular weight excluding hydrogens is 436 g/mol. The topological polar surface area (TPSA) is 69.0 Å². The fourth-order valence-electron chi connectivity index (χ4n) is 4.31. The van der Waals surface area contributed by atoms with Gasteiger partial charge in [0.25, 0.3) is 0 Å². The molecule has 0 aliphatic carbocycles. The van der Waals surface area contributed by atoms with Gasteiger partial charge in [0.1, 0.15) is 11.3 Å². The van der Waals surface area contributed by atoms with Crippen molar-refractivity contribution in [3.63, 3.8) is 0 Å². The van der Waals surface area contributed by atoms with E-state index in [2.05, 4.69) is 16.0 Å². The molecule has 6 nitrogen and oxygen atoms in total. The molecule has 0 aliphatic rings. The summed E-state index contributed by atoms with van der Waals surface area (Å²) in [5, 5.41) is 4.04. The van der Waals surface area contributed by atoms with Crippen LogP contribution in [0.1, 0.15) is 6.42 Å². The van der Waals surface area contributed by atoms with Crippen LogP contribution in [0, 0.1) is 0 Å². The molecule has 2 heterocycles. The molecule has 4 aromatic carbocycles. The number of carbonyl (C=O) groups excluding carboxylic acids is 1. The lowest BCUT2D eigenvalue weighted by Crippen LogP contribution is -2.15. The Hall–Kier alpha value is -4.71. The van der Waals surface area contributed by atoms with E-state index in [1.807, 2.05) is 97.1 Å². The van der Waals surface area contributed by atoms with Gasteiger partial charge in [-0.1, -0.05) is 60.7 Å². The van der Waals surface area contributed by atoms with Crippen LogP contribution in [-0.2, 0) is 11.3 Å². The van der Waals surface area contributed by atoms with Gasteiger partial charge in [0, 0.05) is 18.4 Å². The molecule has 35 heavy (non-hydrogen) atoms. The van der Waals surface area contributed by atoms with Crippen molar-refractivity contribution in [1.29, 1.82) is 0 Å². The lowest BCUT2D eigenvalue weighted by atomic mass is 10.2. The van der Waals surface area contributed by atoms with Gasteiger partial charge < -0.3 is 14.6 Å². The Labute approximate surface area is 201 Å². The van der Waals surface area contributed by atoms with E-state index >= 15 is 0 Å². The Morgan fingerprint density at radius 3 is 2.31 bits per heavy atom. The average Bonchev–Trinajstić information content (AvgIpc) is 3.20. The minimum absolute atomic E-state index is 0.103. The second-order valence-electron chi connectivity index (χ2n) is 8.26. The van der Waals surface area contributed by atoms with Crippen molar-refractivity contribution < 1.29 is 9.53 Å². The van der Waals surface area contributed by atoms with Crippen LogP contribution in [0.5, 0.6) is 11.5 Å². The van der Waals surface area contributed by atoms with Crippen LogP contribution in [0.25, 0.3) is 33.1 Å². The zero-order valence-corrected chi connectivity index (χ0v) is 18.9. The molecule has 6 heteroatoms. The lowest BCUT2D eigenvalue weighted by molar-refractivity contribution is -0.116. The fraction of sp³-hybridized carbons (Fsp3) is 0.0690. The molecular formula is C29H22N4O2. The quantitative estimate of drug-likeness (QED) is 0.307. The second-order valence-corrected chi connectivity index (χ2v) is 8.26. The van der Waals surface area contributed by atoms with Crippen molar-refractivity contribution in [1.82, 2.24) is 14.5 Å². The SMILES string of the molecule is O=C(CCn1c2ccccc2c2nc3ccccc3nc21)Nc1ccccc1Oc1ccccc1. The summed E-state index contributed by atoms with van der Waals surface area (Å²) in [6, 6.07) is 32.9. The number of fused-ring (bicyclic) bond motifs is 4. The third-order valence-corrected chi connectivity index (χ3v) is 5.95. The number of anilines is 1. The first-order valence-corrected chi connectivity index (χ1v) is 11.5. The molecule has 0 fully saturated rings. The van der Waals surface area contributed by atoms with E-state index in [0.717, 1.165) is 33.1 Å². The van der Waals surface area contributed by atoms with Gasteiger partial charge in [-0.05, 0) is 42.5 Å². The minimum Gasteiger partial charge on any atom is -0.455 e. The number of aromatic nitrogens is 3. The van der Waals surface area contributed by atoms with Crippen LogP contribution in [0.2, 0.25) is 0 Å². The van der Waals surface area contributed by atoms with Crippen LogP contribution in [0.15, 0.2) is 103 Å². The highest BCUT2D eigenvalue weighted by molar-refractivity contribution is 6.06. The summed E-state index contributed by atoms with van der Waals surface area (Å²) in [5.74, 6) is 1.21. The predicted molar refractivity (Wildman–Crippen MR) is 139 cm³/mol. The number of amides is 1. The van der Waals surface area contributed by atoms with Crippen molar-refractivity contribution >= 4 is 44.7 Å². The Morgan fingerprint density at radius 1 is 0.771 bits per heavy atom. The fourth-order valence-corrected chi connectivity index (χ4v) is 4.31. The first-order valence-electron chi connectivity index (χ1n) is 11.5. The molecule has 170 valence electrons. The number of ether oxygens (including phenoxy) is 1. The first-order chi connectivity index (χ1) is 17.3. The molecule has 0 unspecified atom stereocenters. The maximum Gasteiger partial charge on any atom is 0.226 e. The summed E-state index contributed by atoms with van der Waals surface area (Å²) < 4.78 is 8.06. The highest BCUT2D eigenvalue weighted by Crippen LogP contribution is 2.30. The zero-order chi connectivity index (χ0) is 23.6. The van der Waals surface area contributed by atoms with Crippen molar-refractivity contribution in [2.24, 2.45) is 0 Å². The van der Waals surface area contributed by atoms with Crippen LogP contribution >= 0.6 is 0 Å². The number of aryl methyl sites for hydroxylation is 1. The van der Waals surface area contributed by atoms with Crippen LogP contribution in [0.4, 0.5) is 5.69 Å². The Kier molecular flexibility index (Phi) is 5.31. The molecule has 1 amide bonds. The normalized spacial score (nSPS) is 11.2. The van der Waals surface area contributed by atoms with Crippen molar-refractivity contribution in [2.75, 3.05) is 5.32 Å². The summed E-state index contributed by atoms with van der Waals surface area (Å²) in [4.78, 5) is 22.7. The van der Waals surface area contributed by atoms with E-state index in [0.29, 0.717) is 23.7 Å². The average molecular weight is 459 g/mol. The smallest absolute Gasteiger partial charge is 0.226 e. The van der Waals surface area contributed by atoms with Gasteiger partial charge in [-0.15, -0.1) is 0 Å². The standard InChI is InChI=1S/C29H22N4O2/c34-27(30-24-15-7-9-17-26(24)35-20-10-2-1-3-11-20)18-19-33-25-16-8-4-12-21(25)28-29(33)32-23-14-6-5-13-22(23)31-28/h1-17H,18-19H2,(H,30,34). The summed E-state index contributed by atoms with van der Waals surface area (Å²) >= 11 is 0. The summed E-state index contributed by atoms with van der Waals surface area (Å²) in [6.45, 7) is 0.477. The van der Waals surface area contributed by atoms with Crippen molar-refractivity contribution in [2.45, 2.75) is 13.0 Å². The number of nitrogens with zero attached hydrogens (tertiary/aromatic N) is 3. The third-order valence-electron chi connectivity index (χ3n) is 5.95. The highest BCUT2D eigenvalue weighted by atomic mass is 16.5. The number of hydrogen-bond donors (Lipinski definition) is 1.